The average molecular weight is 319 g/mol. The van der Waals surface area contributed by atoms with E-state index in [1.54, 1.807) is 0 Å². The monoisotopic (exact) mass is 319 g/mol. The molecule has 0 atom stereocenters. The van der Waals surface area contributed by atoms with E-state index in [1.807, 2.05) is 24.4 Å². The van der Waals surface area contributed by atoms with Gasteiger partial charge in [0.25, 0.3) is 0 Å². The Morgan fingerprint density at radius 3 is 2.52 bits per heavy atom. The Morgan fingerprint density at radius 2 is 1.87 bits per heavy atom. The van der Waals surface area contributed by atoms with E-state index in [9.17, 15) is 0 Å². The number of rotatable bonds is 11. The Bertz CT molecular complexity index is 415. The number of guanidine groups is 1. The Morgan fingerprint density at radius 1 is 1.09 bits per heavy atom. The molecule has 5 nitrogen and oxygen atoms in total. The molecule has 0 amide bonds. The molecular formula is C18H33N5. The molecule has 0 aliphatic heterocycles. The van der Waals surface area contributed by atoms with E-state index in [0.717, 1.165) is 50.8 Å². The molecule has 3 N–H and O–H groups in total. The first kappa shape index (κ1) is 19.3. The van der Waals surface area contributed by atoms with E-state index in [-0.39, 0.29) is 0 Å². The van der Waals surface area contributed by atoms with Crippen LogP contribution in [0.4, 0.5) is 5.82 Å². The van der Waals surface area contributed by atoms with Crippen molar-refractivity contribution in [1.82, 2.24) is 15.6 Å². The van der Waals surface area contributed by atoms with Crippen LogP contribution in [0.15, 0.2) is 29.4 Å². The highest BCUT2D eigenvalue weighted by Crippen LogP contribution is 2.07. The predicted molar refractivity (Wildman–Crippen MR) is 100 cm³/mol. The summed E-state index contributed by atoms with van der Waals surface area (Å²) in [4.78, 5) is 8.94. The third-order valence-corrected chi connectivity index (χ3v) is 3.87. The van der Waals surface area contributed by atoms with Gasteiger partial charge in [0.05, 0.1) is 0 Å². The lowest BCUT2D eigenvalue weighted by Gasteiger charge is -2.14. The summed E-state index contributed by atoms with van der Waals surface area (Å²) in [6.07, 6.45) is 6.41. The van der Waals surface area contributed by atoms with Gasteiger partial charge in [-0.1, -0.05) is 32.8 Å². The zero-order chi connectivity index (χ0) is 16.8. The number of hydrogen-bond acceptors (Lipinski definition) is 3. The summed E-state index contributed by atoms with van der Waals surface area (Å²) in [6.45, 7) is 10.3. The predicted octanol–water partition coefficient (Wildman–Crippen LogP) is 3.27. The van der Waals surface area contributed by atoms with E-state index in [1.165, 1.54) is 12.8 Å². The molecule has 1 aromatic rings. The number of aromatic nitrogens is 1. The minimum absolute atomic E-state index is 0.688. The van der Waals surface area contributed by atoms with Crippen molar-refractivity contribution in [3.8, 4) is 0 Å². The van der Waals surface area contributed by atoms with Gasteiger partial charge < -0.3 is 16.0 Å². The first-order valence-electron chi connectivity index (χ1n) is 8.97. The van der Waals surface area contributed by atoms with Crippen molar-refractivity contribution in [3.05, 3.63) is 24.4 Å². The molecule has 0 spiro atoms. The first-order chi connectivity index (χ1) is 11.3. The van der Waals surface area contributed by atoms with Crippen LogP contribution in [-0.4, -0.2) is 37.1 Å². The third-order valence-electron chi connectivity index (χ3n) is 3.87. The molecule has 0 radical (unpaired) electrons. The van der Waals surface area contributed by atoms with Crippen molar-refractivity contribution in [2.75, 3.05) is 31.5 Å². The van der Waals surface area contributed by atoms with Crippen molar-refractivity contribution in [2.24, 2.45) is 10.9 Å². The average Bonchev–Trinajstić information content (AvgIpc) is 2.59. The fourth-order valence-corrected chi connectivity index (χ4v) is 2.25. The van der Waals surface area contributed by atoms with Gasteiger partial charge in [0, 0.05) is 32.4 Å². The van der Waals surface area contributed by atoms with Crippen LogP contribution in [0.3, 0.4) is 0 Å². The maximum atomic E-state index is 4.69. The van der Waals surface area contributed by atoms with Gasteiger partial charge in [-0.2, -0.15) is 0 Å². The smallest absolute Gasteiger partial charge is 0.191 e. The Kier molecular flexibility index (Phi) is 10.7. The second kappa shape index (κ2) is 12.7. The van der Waals surface area contributed by atoms with Crippen LogP contribution in [0.1, 0.15) is 46.5 Å². The second-order valence-electron chi connectivity index (χ2n) is 5.68. The maximum absolute atomic E-state index is 4.69. The van der Waals surface area contributed by atoms with Crippen LogP contribution >= 0.6 is 0 Å². The van der Waals surface area contributed by atoms with E-state index in [2.05, 4.69) is 46.7 Å². The number of nitrogens with one attached hydrogen (secondary N) is 3. The molecule has 5 heteroatoms. The van der Waals surface area contributed by atoms with Crippen molar-refractivity contribution in [3.63, 3.8) is 0 Å². The van der Waals surface area contributed by atoms with Crippen molar-refractivity contribution in [1.29, 1.82) is 0 Å². The minimum atomic E-state index is 0.688. The van der Waals surface area contributed by atoms with E-state index in [4.69, 9.17) is 0 Å². The lowest BCUT2D eigenvalue weighted by molar-refractivity contribution is 0.504. The van der Waals surface area contributed by atoms with E-state index in [0.29, 0.717) is 5.92 Å². The summed E-state index contributed by atoms with van der Waals surface area (Å²) in [5, 5.41) is 10.1. The van der Waals surface area contributed by atoms with Gasteiger partial charge in [0.1, 0.15) is 5.82 Å². The lowest BCUT2D eigenvalue weighted by Crippen LogP contribution is -2.38. The summed E-state index contributed by atoms with van der Waals surface area (Å²) in [6, 6.07) is 5.92. The third kappa shape index (κ3) is 9.06. The van der Waals surface area contributed by atoms with Gasteiger partial charge in [0.15, 0.2) is 5.96 Å². The molecule has 0 aliphatic rings. The van der Waals surface area contributed by atoms with Crippen LogP contribution in [-0.2, 0) is 0 Å². The summed E-state index contributed by atoms with van der Waals surface area (Å²) >= 11 is 0. The van der Waals surface area contributed by atoms with Crippen LogP contribution in [0.2, 0.25) is 0 Å². The summed E-state index contributed by atoms with van der Waals surface area (Å²) in [5.74, 6) is 2.57. The maximum Gasteiger partial charge on any atom is 0.191 e. The quantitative estimate of drug-likeness (QED) is 0.333. The van der Waals surface area contributed by atoms with Crippen molar-refractivity contribution in [2.45, 2.75) is 46.5 Å². The van der Waals surface area contributed by atoms with Crippen molar-refractivity contribution >= 4 is 11.8 Å². The summed E-state index contributed by atoms with van der Waals surface area (Å²) in [5.41, 5.74) is 0. The van der Waals surface area contributed by atoms with Gasteiger partial charge >= 0.3 is 0 Å². The molecule has 1 heterocycles. The van der Waals surface area contributed by atoms with E-state index >= 15 is 0 Å². The molecule has 0 fully saturated rings. The van der Waals surface area contributed by atoms with Gasteiger partial charge in [-0.3, -0.25) is 4.99 Å². The Hall–Kier alpha value is -1.78. The van der Waals surface area contributed by atoms with E-state index < -0.39 is 0 Å². The molecule has 0 aromatic carbocycles. The van der Waals surface area contributed by atoms with Crippen LogP contribution in [0.5, 0.6) is 0 Å². The number of nitrogens with zero attached hydrogens (tertiary/aromatic N) is 2. The highest BCUT2D eigenvalue weighted by molar-refractivity contribution is 5.79. The SMILES string of the molecule is CCNC(=NCC(CC)CC)NCCCCNc1ccccn1. The topological polar surface area (TPSA) is 61.3 Å². The number of hydrogen-bond donors (Lipinski definition) is 3. The highest BCUT2D eigenvalue weighted by atomic mass is 15.2. The highest BCUT2D eigenvalue weighted by Gasteiger charge is 2.03. The zero-order valence-corrected chi connectivity index (χ0v) is 14.9. The second-order valence-corrected chi connectivity index (χ2v) is 5.68. The number of unbranched alkanes of at least 4 members (excludes halogenated alkanes) is 1. The first-order valence-corrected chi connectivity index (χ1v) is 8.97. The normalized spacial score (nSPS) is 11.6. The van der Waals surface area contributed by atoms with Gasteiger partial charge in [-0.15, -0.1) is 0 Å². The Balaban J connectivity index is 2.18. The molecule has 130 valence electrons. The van der Waals surface area contributed by atoms with Crippen LogP contribution in [0, 0.1) is 5.92 Å². The molecular weight excluding hydrogens is 286 g/mol. The lowest BCUT2D eigenvalue weighted by atomic mass is 10.0. The molecule has 0 aliphatic carbocycles. The molecule has 23 heavy (non-hydrogen) atoms. The van der Waals surface area contributed by atoms with Crippen LogP contribution < -0.4 is 16.0 Å². The van der Waals surface area contributed by atoms with Gasteiger partial charge in [-0.25, -0.2) is 4.98 Å². The molecule has 1 aromatic heterocycles. The molecule has 1 rings (SSSR count). The number of anilines is 1. The minimum Gasteiger partial charge on any atom is -0.370 e. The summed E-state index contributed by atoms with van der Waals surface area (Å²) in [7, 11) is 0. The largest absolute Gasteiger partial charge is 0.370 e. The fourth-order valence-electron chi connectivity index (χ4n) is 2.25. The molecule has 0 saturated carbocycles. The van der Waals surface area contributed by atoms with Gasteiger partial charge in [-0.05, 0) is 37.8 Å². The fraction of sp³-hybridized carbons (Fsp3) is 0.667. The molecule has 0 unspecified atom stereocenters. The number of aliphatic imine (C=N–C) groups is 1. The summed E-state index contributed by atoms with van der Waals surface area (Å²) < 4.78 is 0. The standard InChI is InChI=1S/C18H33N5/c1-4-16(5-2)15-23-18(19-6-3)22-14-10-9-13-21-17-11-7-8-12-20-17/h7-8,11-12,16H,4-6,9-10,13-15H2,1-3H3,(H,20,21)(H2,19,22,23). The zero-order valence-electron chi connectivity index (χ0n) is 14.9. The van der Waals surface area contributed by atoms with Gasteiger partial charge in [0.2, 0.25) is 0 Å². The molecule has 0 bridgehead atoms. The Labute approximate surface area is 141 Å². The van der Waals surface area contributed by atoms with Crippen molar-refractivity contribution < 1.29 is 0 Å². The van der Waals surface area contributed by atoms with Crippen LogP contribution in [0.25, 0.3) is 0 Å². The number of pyridine rings is 1. The molecule has 0 saturated heterocycles.